The van der Waals surface area contributed by atoms with Gasteiger partial charge < -0.3 is 23.5 Å². The average molecular weight is 617 g/mol. The van der Waals surface area contributed by atoms with Crippen LogP contribution in [0.3, 0.4) is 0 Å². The van der Waals surface area contributed by atoms with Crippen molar-refractivity contribution in [3.63, 3.8) is 0 Å². The first-order valence-corrected chi connectivity index (χ1v) is 14.3. The molecule has 0 radical (unpaired) electrons. The summed E-state index contributed by atoms with van der Waals surface area (Å²) in [4.78, 5) is 25.9. The lowest BCUT2D eigenvalue weighted by Crippen LogP contribution is -2.23. The van der Waals surface area contributed by atoms with E-state index in [1.54, 1.807) is 76.5 Å². The van der Waals surface area contributed by atoms with E-state index >= 15 is 8.78 Å². The second-order valence-corrected chi connectivity index (χ2v) is 11.3. The number of fused-ring (bicyclic) bond motifs is 1. The van der Waals surface area contributed by atoms with E-state index in [2.05, 4.69) is 15.0 Å². The highest BCUT2D eigenvalue weighted by Gasteiger charge is 2.21. The Hall–Kier alpha value is -4.90. The molecule has 0 saturated heterocycles. The van der Waals surface area contributed by atoms with Crippen molar-refractivity contribution in [3.8, 4) is 23.0 Å². The summed E-state index contributed by atoms with van der Waals surface area (Å²) in [5.74, 6) is -0.471. The number of pyridine rings is 2. The molecule has 3 heterocycles. The zero-order chi connectivity index (χ0) is 32.1. The maximum absolute atomic E-state index is 15.5. The van der Waals surface area contributed by atoms with Crippen molar-refractivity contribution >= 4 is 17.0 Å². The molecule has 5 rings (SSSR count). The molecule has 234 valence electrons. The number of imidazole rings is 1. The Labute approximate surface area is 259 Å². The number of nitrogens with zero attached hydrogens (tertiary/aromatic N) is 4. The third-order valence-corrected chi connectivity index (χ3v) is 6.86. The van der Waals surface area contributed by atoms with Gasteiger partial charge in [0.1, 0.15) is 29.7 Å². The van der Waals surface area contributed by atoms with E-state index in [1.165, 1.54) is 7.11 Å². The van der Waals surface area contributed by atoms with Crippen LogP contribution in [0.15, 0.2) is 66.9 Å². The first-order valence-electron chi connectivity index (χ1n) is 14.3. The van der Waals surface area contributed by atoms with Crippen LogP contribution >= 0.6 is 0 Å². The highest BCUT2D eigenvalue weighted by molar-refractivity contribution is 5.94. The molecule has 0 unspecified atom stereocenters. The molecule has 0 aliphatic carbocycles. The molecule has 0 fully saturated rings. The number of esters is 1. The summed E-state index contributed by atoms with van der Waals surface area (Å²) in [6.07, 6.45) is 1.63. The van der Waals surface area contributed by atoms with E-state index < -0.39 is 23.2 Å². The molecule has 0 aliphatic heterocycles. The minimum absolute atomic E-state index is 0.00250. The summed E-state index contributed by atoms with van der Waals surface area (Å²) >= 11 is 0. The number of benzene rings is 2. The SMILES string of the molecule is COCCn1c(Cc2cc(F)c(-c3cccc(OCc4ccc(OC)nc4)n3)cc2F)nc2ccc(C(=O)OC(C)(C)C)cc21. The van der Waals surface area contributed by atoms with Gasteiger partial charge in [-0.25, -0.2) is 28.5 Å². The van der Waals surface area contributed by atoms with E-state index in [1.807, 2.05) is 10.6 Å². The van der Waals surface area contributed by atoms with Crippen molar-refractivity contribution in [2.75, 3.05) is 20.8 Å². The lowest BCUT2D eigenvalue weighted by atomic mass is 10.0. The lowest BCUT2D eigenvalue weighted by molar-refractivity contribution is 0.00696. The topological polar surface area (TPSA) is 97.6 Å². The van der Waals surface area contributed by atoms with Gasteiger partial charge in [0.25, 0.3) is 0 Å². The maximum Gasteiger partial charge on any atom is 0.338 e. The van der Waals surface area contributed by atoms with Gasteiger partial charge in [0.15, 0.2) is 0 Å². The van der Waals surface area contributed by atoms with Crippen molar-refractivity contribution in [1.29, 1.82) is 0 Å². The van der Waals surface area contributed by atoms with Crippen LogP contribution in [0.4, 0.5) is 8.78 Å². The molecule has 0 amide bonds. The van der Waals surface area contributed by atoms with Crippen molar-refractivity contribution in [1.82, 2.24) is 19.5 Å². The quantitative estimate of drug-likeness (QED) is 0.154. The summed E-state index contributed by atoms with van der Waals surface area (Å²) < 4.78 is 54.5. The van der Waals surface area contributed by atoms with Gasteiger partial charge in [-0.3, -0.25) is 0 Å². The molecular weight excluding hydrogens is 582 g/mol. The van der Waals surface area contributed by atoms with E-state index in [-0.39, 0.29) is 35.7 Å². The fourth-order valence-electron chi connectivity index (χ4n) is 4.71. The molecule has 0 bridgehead atoms. The maximum atomic E-state index is 15.5. The van der Waals surface area contributed by atoms with Gasteiger partial charge >= 0.3 is 5.97 Å². The molecule has 0 saturated carbocycles. The molecule has 3 aromatic heterocycles. The Morgan fingerprint density at radius 3 is 2.47 bits per heavy atom. The Morgan fingerprint density at radius 2 is 1.76 bits per heavy atom. The van der Waals surface area contributed by atoms with Crippen LogP contribution in [0.5, 0.6) is 11.8 Å². The number of carbonyl (C=O) groups excluding carboxylic acids is 1. The number of ether oxygens (including phenoxy) is 4. The molecule has 9 nitrogen and oxygen atoms in total. The lowest BCUT2D eigenvalue weighted by Gasteiger charge is -2.19. The van der Waals surface area contributed by atoms with Gasteiger partial charge in [0, 0.05) is 49.5 Å². The standard InChI is InChI=1S/C34H34F2N4O5/c1-34(2,3)45-33(41)22-10-11-28-29(16-22)40(13-14-42-4)30(38-28)17-23-15-26(36)24(18-25(23)35)27-7-6-8-32(39-27)44-20-21-9-12-31(43-5)37-19-21/h6-12,15-16,18-19H,13-14,17,20H2,1-5H3. The van der Waals surface area contributed by atoms with Crippen LogP contribution in [0.2, 0.25) is 0 Å². The summed E-state index contributed by atoms with van der Waals surface area (Å²) in [6.45, 7) is 6.33. The predicted molar refractivity (Wildman–Crippen MR) is 164 cm³/mol. The molecule has 0 spiro atoms. The minimum Gasteiger partial charge on any atom is -0.481 e. The summed E-state index contributed by atoms with van der Waals surface area (Å²) in [6, 6.07) is 15.8. The Morgan fingerprint density at radius 1 is 0.933 bits per heavy atom. The van der Waals surface area contributed by atoms with Crippen LogP contribution in [0, 0.1) is 11.6 Å². The highest BCUT2D eigenvalue weighted by Crippen LogP contribution is 2.28. The fraction of sp³-hybridized carbons (Fsp3) is 0.294. The molecule has 0 N–H and O–H groups in total. The van der Waals surface area contributed by atoms with E-state index in [9.17, 15) is 4.79 Å². The summed E-state index contributed by atoms with van der Waals surface area (Å²) in [7, 11) is 3.11. The van der Waals surface area contributed by atoms with Gasteiger partial charge in [-0.05, 0) is 68.8 Å². The third kappa shape index (κ3) is 7.61. The monoisotopic (exact) mass is 616 g/mol. The molecule has 2 aromatic carbocycles. The first kappa shape index (κ1) is 31.5. The number of rotatable bonds is 11. The second kappa shape index (κ2) is 13.4. The van der Waals surface area contributed by atoms with Crippen molar-refractivity contribution in [2.45, 2.75) is 45.9 Å². The average Bonchev–Trinajstić information content (AvgIpc) is 3.36. The predicted octanol–water partition coefficient (Wildman–Crippen LogP) is 6.55. The zero-order valence-corrected chi connectivity index (χ0v) is 25.8. The molecular formula is C34H34F2N4O5. The highest BCUT2D eigenvalue weighted by atomic mass is 19.1. The normalized spacial score (nSPS) is 11.5. The fourth-order valence-corrected chi connectivity index (χ4v) is 4.71. The molecule has 0 atom stereocenters. The van der Waals surface area contributed by atoms with Gasteiger partial charge in [0.05, 0.1) is 36.0 Å². The van der Waals surface area contributed by atoms with E-state index in [4.69, 9.17) is 18.9 Å². The number of carbonyl (C=O) groups is 1. The van der Waals surface area contributed by atoms with Gasteiger partial charge in [-0.15, -0.1) is 0 Å². The summed E-state index contributed by atoms with van der Waals surface area (Å²) in [5, 5.41) is 0. The van der Waals surface area contributed by atoms with Gasteiger partial charge in [0.2, 0.25) is 11.8 Å². The number of hydrogen-bond acceptors (Lipinski definition) is 8. The van der Waals surface area contributed by atoms with Crippen molar-refractivity contribution in [2.24, 2.45) is 0 Å². The Kier molecular flexibility index (Phi) is 9.38. The smallest absolute Gasteiger partial charge is 0.338 e. The molecule has 0 aliphatic rings. The Bertz CT molecular complexity index is 1820. The van der Waals surface area contributed by atoms with Gasteiger partial charge in [-0.1, -0.05) is 6.07 Å². The van der Waals surface area contributed by atoms with Crippen LogP contribution in [0.25, 0.3) is 22.3 Å². The van der Waals surface area contributed by atoms with E-state index in [0.29, 0.717) is 41.5 Å². The van der Waals surface area contributed by atoms with Crippen LogP contribution < -0.4 is 9.47 Å². The van der Waals surface area contributed by atoms with E-state index in [0.717, 1.165) is 17.7 Å². The largest absolute Gasteiger partial charge is 0.481 e. The van der Waals surface area contributed by atoms with Crippen molar-refractivity contribution < 1.29 is 32.5 Å². The van der Waals surface area contributed by atoms with Crippen LogP contribution in [-0.2, 0) is 29.0 Å². The summed E-state index contributed by atoms with van der Waals surface area (Å²) in [5.41, 5.74) is 2.13. The number of halogens is 2. The van der Waals surface area contributed by atoms with Gasteiger partial charge in [-0.2, -0.15) is 0 Å². The number of hydrogen-bond donors (Lipinski definition) is 0. The Balaban J connectivity index is 1.39. The zero-order valence-electron chi connectivity index (χ0n) is 25.8. The molecule has 5 aromatic rings. The second-order valence-electron chi connectivity index (χ2n) is 11.3. The first-order chi connectivity index (χ1) is 21.5. The van der Waals surface area contributed by atoms with Crippen LogP contribution in [0.1, 0.15) is 48.1 Å². The third-order valence-electron chi connectivity index (χ3n) is 6.86. The van der Waals surface area contributed by atoms with Crippen LogP contribution in [-0.4, -0.2) is 51.9 Å². The number of aromatic nitrogens is 4. The van der Waals surface area contributed by atoms with Crippen molar-refractivity contribution in [3.05, 3.63) is 101 Å². The molecule has 11 heteroatoms. The molecule has 45 heavy (non-hydrogen) atoms. The number of methoxy groups -OCH3 is 2. The minimum atomic E-state index is -0.653.